The van der Waals surface area contributed by atoms with Gasteiger partial charge in [-0.05, 0) is 263 Å². The summed E-state index contributed by atoms with van der Waals surface area (Å²) in [6.45, 7) is 91.7. The first kappa shape index (κ1) is 120. The highest BCUT2D eigenvalue weighted by Crippen LogP contribution is 2.45. The molecule has 9 aromatic carbocycles. The molecule has 0 aromatic heterocycles. The van der Waals surface area contributed by atoms with Crippen LogP contribution in [0.5, 0.6) is 5.75 Å². The van der Waals surface area contributed by atoms with Crippen LogP contribution in [-0.2, 0) is 48.3 Å². The number of ether oxygens (including phenoxy) is 1. The van der Waals surface area contributed by atoms with Crippen LogP contribution >= 0.6 is 0 Å². The third-order valence-electron chi connectivity index (χ3n) is 23.9. The largest absolute Gasteiger partial charge is 0.494 e. The zero-order chi connectivity index (χ0) is 98.4. The summed E-state index contributed by atoms with van der Waals surface area (Å²) < 4.78 is 5.58. The lowest BCUT2D eigenvalue weighted by atomic mass is 9.64. The van der Waals surface area contributed by atoms with Crippen molar-refractivity contribution in [3.05, 3.63) is 315 Å². The van der Waals surface area contributed by atoms with Crippen molar-refractivity contribution < 1.29 is 4.74 Å². The summed E-state index contributed by atoms with van der Waals surface area (Å²) in [5.41, 5.74) is 21.8. The zero-order valence-corrected chi connectivity index (χ0v) is 91.7. The monoisotopic (exact) mass is 1760 g/mol. The fraction of sp³-hybridized carbons (Fsp3) is 0.578. The second-order valence-electron chi connectivity index (χ2n) is 51.4. The average Bonchev–Trinajstić information content (AvgIpc) is 0.837. The van der Waals surface area contributed by atoms with Gasteiger partial charge in [0.25, 0.3) is 0 Å². The lowest BCUT2D eigenvalue weighted by molar-refractivity contribution is 0.0970. The molecule has 0 bridgehead atoms. The Hall–Kier alpha value is -7.22. The summed E-state index contributed by atoms with van der Waals surface area (Å²) in [4.78, 5) is 0. The topological polar surface area (TPSA) is 9.23 Å². The van der Waals surface area contributed by atoms with Crippen molar-refractivity contribution >= 4 is 0 Å². The average molecular weight is 1760 g/mol. The molecule has 0 atom stereocenters. The highest BCUT2D eigenvalue weighted by Gasteiger charge is 2.34. The summed E-state index contributed by atoms with van der Waals surface area (Å²) in [5, 5.41) is 0. The number of aryl methyl sites for hydroxylation is 6. The highest BCUT2D eigenvalue weighted by atomic mass is 16.5. The minimum atomic E-state index is 0.285. The van der Waals surface area contributed by atoms with Gasteiger partial charge in [0, 0.05) is 0 Å². The Kier molecular flexibility index (Phi) is 53.3. The first-order valence-corrected chi connectivity index (χ1v) is 50.3. The van der Waals surface area contributed by atoms with Crippen LogP contribution < -0.4 is 4.74 Å². The number of para-hydroxylation sites is 1. The van der Waals surface area contributed by atoms with Crippen LogP contribution in [-0.4, -0.2) is 6.61 Å². The van der Waals surface area contributed by atoms with Crippen LogP contribution in [0.2, 0.25) is 0 Å². The van der Waals surface area contributed by atoms with Crippen molar-refractivity contribution in [2.45, 2.75) is 409 Å². The molecule has 0 spiro atoms. The van der Waals surface area contributed by atoms with Gasteiger partial charge < -0.3 is 4.74 Å². The van der Waals surface area contributed by atoms with E-state index in [0.29, 0.717) is 54.1 Å². The first-order valence-electron chi connectivity index (χ1n) is 50.3. The lowest BCUT2D eigenvalue weighted by Gasteiger charge is -2.41. The van der Waals surface area contributed by atoms with E-state index in [1.807, 2.05) is 30.3 Å². The van der Waals surface area contributed by atoms with Gasteiger partial charge in [-0.1, -0.05) is 527 Å². The maximum atomic E-state index is 5.58. The minimum absolute atomic E-state index is 0.285. The molecule has 0 aliphatic heterocycles. The van der Waals surface area contributed by atoms with Gasteiger partial charge >= 0.3 is 0 Å². The van der Waals surface area contributed by atoms with Gasteiger partial charge in [-0.25, -0.2) is 0 Å². The Morgan fingerprint density at radius 1 is 0.217 bits per heavy atom. The van der Waals surface area contributed by atoms with E-state index in [1.54, 1.807) is 0 Å². The summed E-state index contributed by atoms with van der Waals surface area (Å²) >= 11 is 0. The van der Waals surface area contributed by atoms with Crippen LogP contribution in [0.1, 0.15) is 399 Å². The molecule has 129 heavy (non-hydrogen) atoms. The maximum absolute atomic E-state index is 5.58. The minimum Gasteiger partial charge on any atom is -0.494 e. The van der Waals surface area contributed by atoms with Gasteiger partial charge in [0.05, 0.1) is 6.61 Å². The molecule has 9 aromatic rings. The summed E-state index contributed by atoms with van der Waals surface area (Å²) in [6.07, 6.45) is 24.0. The number of hydrogen-bond acceptors (Lipinski definition) is 1. The van der Waals surface area contributed by atoms with Crippen molar-refractivity contribution in [1.29, 1.82) is 0 Å². The number of hydrogen-bond donors (Lipinski definition) is 0. The summed E-state index contributed by atoms with van der Waals surface area (Å²) in [5.74, 6) is 3.88. The molecule has 0 saturated heterocycles. The fourth-order valence-corrected chi connectivity index (χ4v) is 15.3. The first-order chi connectivity index (χ1) is 59.2. The van der Waals surface area contributed by atoms with Crippen LogP contribution in [0.25, 0.3) is 0 Å². The van der Waals surface area contributed by atoms with E-state index in [4.69, 9.17) is 4.74 Å². The highest BCUT2D eigenvalue weighted by molar-refractivity contribution is 5.29. The molecule has 2 aliphatic rings. The van der Waals surface area contributed by atoms with Crippen LogP contribution in [0, 0.1) is 94.2 Å². The Morgan fingerprint density at radius 3 is 0.713 bits per heavy atom. The molecule has 0 heterocycles. The van der Waals surface area contributed by atoms with E-state index >= 15 is 0 Å². The van der Waals surface area contributed by atoms with E-state index in [2.05, 4.69) is 495 Å². The van der Waals surface area contributed by atoms with Gasteiger partial charge in [0.2, 0.25) is 0 Å². The molecule has 2 aliphatic carbocycles. The van der Waals surface area contributed by atoms with Gasteiger partial charge in [-0.3, -0.25) is 0 Å². The number of benzene rings is 9. The molecule has 0 amide bonds. The molecule has 11 rings (SSSR count). The quantitative estimate of drug-likeness (QED) is 0.125. The second kappa shape index (κ2) is 57.4. The SMILES string of the molecule is CC(C)(C)C1CCC(C(C)(C)C)CC1.CC(C)(C)C1CCCCC1.CC(C)(C)CCCc1ccccc1.CC(C)(C)CCOc1ccccc1.CC(C)(C)CCc1ccccc1.CC(C)(C)Cc1ccccc1.CC(C)(C)c1ccccc1.Cc1ccc(C(C)(C)C)cc1.Cc1ccc(C(C)(C)C)cc1.Cc1ccc(CC(C)(C)C)cc1.Cc1ccc(CC(C)(C)C)cc1. The van der Waals surface area contributed by atoms with E-state index < -0.39 is 0 Å². The molecule has 2 saturated carbocycles. The van der Waals surface area contributed by atoms with Gasteiger partial charge in [0.1, 0.15) is 5.75 Å². The molecule has 2 fully saturated rings. The molecule has 0 radical (unpaired) electrons. The third-order valence-corrected chi connectivity index (χ3v) is 23.9. The van der Waals surface area contributed by atoms with E-state index in [1.165, 1.54) is 157 Å². The molecule has 0 unspecified atom stereocenters. The van der Waals surface area contributed by atoms with Crippen LogP contribution in [0.15, 0.2) is 249 Å². The van der Waals surface area contributed by atoms with Crippen molar-refractivity contribution in [2.24, 2.45) is 66.5 Å². The van der Waals surface area contributed by atoms with Gasteiger partial charge in [-0.2, -0.15) is 0 Å². The smallest absolute Gasteiger partial charge is 0.119 e. The summed E-state index contributed by atoms with van der Waals surface area (Å²) in [7, 11) is 0. The molecule has 0 N–H and O–H groups in total. The Labute approximate surface area is 802 Å². The lowest BCUT2D eigenvalue weighted by Crippen LogP contribution is -2.30. The predicted octanol–water partition coefficient (Wildman–Crippen LogP) is 39.7. The van der Waals surface area contributed by atoms with E-state index in [0.717, 1.165) is 55.8 Å². The van der Waals surface area contributed by atoms with Crippen LogP contribution in [0.3, 0.4) is 0 Å². The van der Waals surface area contributed by atoms with E-state index in [-0.39, 0.29) is 10.8 Å². The second-order valence-corrected chi connectivity index (χ2v) is 51.4. The molecular formula is C128H202O. The molecule has 720 valence electrons. The van der Waals surface area contributed by atoms with E-state index in [9.17, 15) is 0 Å². The van der Waals surface area contributed by atoms with Crippen molar-refractivity contribution in [1.82, 2.24) is 0 Å². The Bertz CT molecular complexity index is 4000. The molecule has 1 nitrogen and oxygen atoms in total. The predicted molar refractivity (Wildman–Crippen MR) is 583 cm³/mol. The fourth-order valence-electron chi connectivity index (χ4n) is 15.3. The van der Waals surface area contributed by atoms with Gasteiger partial charge in [-0.15, -0.1) is 0 Å². The van der Waals surface area contributed by atoms with Crippen molar-refractivity contribution in [2.75, 3.05) is 6.61 Å². The molecular weight excluding hydrogens is 1550 g/mol. The van der Waals surface area contributed by atoms with Gasteiger partial charge in [0.15, 0.2) is 0 Å². The maximum Gasteiger partial charge on any atom is 0.119 e. The standard InChI is InChI=1S/C14H28.C13H20.C12H18O.3C12H18.3C11H16.C10H20.C10H14/c1-13(2,3)11-7-9-12(10-8-11)14(4,5)6;1-13(2,3)11-7-10-12-8-5-4-6-9-12;1-12(2,3)9-10-13-11-7-5-4-6-8-11;2*1-10-5-7-11(8-6-10)9-12(2,3)4;1-12(2,3)10-9-11-7-5-4-6-8-11;2*1-9-5-7-10(8-6-9)11(2,3)4;1-11(2,3)9-10-7-5-4-6-8-10;2*1-10(2,3)9-7-5-4-6-8-9/h11-12H,7-10H2,1-6H3;4-6,8-9H,7,10-11H2,1-3H3;4-8H,9-10H2,1-3H3;2*5-8H,9H2,1-4H3;4-8H,9-10H2,1-3H3;2*5-8H,1-4H3;4-8H,9H2,1-3H3;9H,4-8H2,1-3H3;4-8H,1-3H3. The summed E-state index contributed by atoms with van der Waals surface area (Å²) in [6, 6.07) is 87.7. The normalized spacial score (nSPS) is 14.5. The van der Waals surface area contributed by atoms with Crippen molar-refractivity contribution in [3.8, 4) is 5.75 Å². The Morgan fingerprint density at radius 2 is 0.457 bits per heavy atom. The molecule has 1 heteroatoms. The Balaban J connectivity index is 0.000000710. The third kappa shape index (κ3) is 65.1. The zero-order valence-electron chi connectivity index (χ0n) is 91.7. The number of rotatable bonds is 11. The van der Waals surface area contributed by atoms with Crippen LogP contribution in [0.4, 0.5) is 0 Å². The van der Waals surface area contributed by atoms with Crippen molar-refractivity contribution in [3.63, 3.8) is 0 Å².